The minimum atomic E-state index is -0.427. The Labute approximate surface area is 192 Å². The first-order chi connectivity index (χ1) is 16.1. The summed E-state index contributed by atoms with van der Waals surface area (Å²) in [6.07, 6.45) is 0. The van der Waals surface area contributed by atoms with Crippen molar-refractivity contribution in [1.82, 2.24) is 9.80 Å². The van der Waals surface area contributed by atoms with Crippen LogP contribution in [0.2, 0.25) is 0 Å². The van der Waals surface area contributed by atoms with Gasteiger partial charge in [-0.1, -0.05) is 66.7 Å². The van der Waals surface area contributed by atoms with Gasteiger partial charge >= 0.3 is 0 Å². The predicted octanol–water partition coefficient (Wildman–Crippen LogP) is 3.93. The molecule has 2 heterocycles. The minimum Gasteiger partial charge on any atom is -0.368 e. The molecule has 0 saturated carbocycles. The number of amides is 2. The third-order valence-electron chi connectivity index (χ3n) is 6.21. The lowest BCUT2D eigenvalue weighted by Gasteiger charge is -2.37. The number of rotatable bonds is 5. The van der Waals surface area contributed by atoms with Gasteiger partial charge in [-0.25, -0.2) is 4.39 Å². The van der Waals surface area contributed by atoms with E-state index >= 15 is 0 Å². The molecule has 2 amide bonds. The molecule has 2 aliphatic heterocycles. The number of carbonyl (C=O) groups is 2. The van der Waals surface area contributed by atoms with E-state index in [0.717, 1.165) is 18.8 Å². The Balaban J connectivity index is 1.45. The molecule has 0 unspecified atom stereocenters. The number of hydrogen-bond donors (Lipinski definition) is 0. The molecule has 0 bridgehead atoms. The number of para-hydroxylation sites is 1. The van der Waals surface area contributed by atoms with Crippen LogP contribution in [0.25, 0.3) is 5.57 Å². The van der Waals surface area contributed by atoms with Crippen LogP contribution in [0, 0.1) is 5.82 Å². The third-order valence-corrected chi connectivity index (χ3v) is 6.21. The number of imide groups is 1. The Morgan fingerprint density at radius 1 is 0.667 bits per heavy atom. The maximum Gasteiger partial charge on any atom is 0.278 e. The lowest BCUT2D eigenvalue weighted by Crippen LogP contribution is -2.47. The zero-order valence-corrected chi connectivity index (χ0v) is 18.2. The van der Waals surface area contributed by atoms with Crippen molar-refractivity contribution in [3.05, 3.63) is 108 Å². The van der Waals surface area contributed by atoms with E-state index in [1.807, 2.05) is 53.4 Å². The second-order valence-electron chi connectivity index (χ2n) is 8.19. The Morgan fingerprint density at radius 2 is 1.24 bits per heavy atom. The zero-order valence-electron chi connectivity index (χ0n) is 18.2. The largest absolute Gasteiger partial charge is 0.368 e. The first kappa shape index (κ1) is 20.9. The molecule has 3 aromatic rings. The summed E-state index contributed by atoms with van der Waals surface area (Å²) >= 11 is 0. The van der Waals surface area contributed by atoms with Crippen LogP contribution < -0.4 is 4.90 Å². The fourth-order valence-electron chi connectivity index (χ4n) is 4.49. The molecule has 0 atom stereocenters. The van der Waals surface area contributed by atoms with Gasteiger partial charge < -0.3 is 9.80 Å². The summed E-state index contributed by atoms with van der Waals surface area (Å²) in [5.41, 5.74) is 2.97. The summed E-state index contributed by atoms with van der Waals surface area (Å²) in [6, 6.07) is 25.7. The summed E-state index contributed by atoms with van der Waals surface area (Å²) in [4.78, 5) is 32.4. The Hall–Kier alpha value is -3.93. The highest BCUT2D eigenvalue weighted by molar-refractivity contribution is 6.35. The van der Waals surface area contributed by atoms with Crippen LogP contribution in [-0.4, -0.2) is 47.8 Å². The molecule has 0 N–H and O–H groups in total. The lowest BCUT2D eigenvalue weighted by molar-refractivity contribution is -0.138. The smallest absolute Gasteiger partial charge is 0.278 e. The SMILES string of the molecule is O=C1C(c2ccccc2)=C(N2CCN(c3ccccc3)CC2)C(=O)N1Cc1ccccc1F. The van der Waals surface area contributed by atoms with Crippen molar-refractivity contribution >= 4 is 23.1 Å². The highest BCUT2D eigenvalue weighted by Gasteiger charge is 2.42. The highest BCUT2D eigenvalue weighted by Crippen LogP contribution is 2.33. The van der Waals surface area contributed by atoms with E-state index in [4.69, 9.17) is 0 Å². The van der Waals surface area contributed by atoms with Gasteiger partial charge in [-0.2, -0.15) is 0 Å². The topological polar surface area (TPSA) is 43.9 Å². The molecule has 0 aromatic heterocycles. The van der Waals surface area contributed by atoms with Crippen molar-refractivity contribution in [3.63, 3.8) is 0 Å². The van der Waals surface area contributed by atoms with E-state index in [2.05, 4.69) is 17.0 Å². The number of hydrogen-bond acceptors (Lipinski definition) is 4. The number of benzene rings is 3. The van der Waals surface area contributed by atoms with Crippen molar-refractivity contribution in [1.29, 1.82) is 0 Å². The molecule has 0 radical (unpaired) electrons. The van der Waals surface area contributed by atoms with Gasteiger partial charge in [-0.05, 0) is 23.8 Å². The molecular weight excluding hydrogens is 417 g/mol. The number of carbonyl (C=O) groups excluding carboxylic acids is 2. The van der Waals surface area contributed by atoms with Crippen LogP contribution in [0.5, 0.6) is 0 Å². The number of piperazine rings is 1. The lowest BCUT2D eigenvalue weighted by atomic mass is 10.0. The maximum atomic E-state index is 14.3. The molecule has 0 spiro atoms. The Morgan fingerprint density at radius 3 is 1.91 bits per heavy atom. The van der Waals surface area contributed by atoms with Crippen LogP contribution in [-0.2, 0) is 16.1 Å². The number of halogens is 1. The first-order valence-electron chi connectivity index (χ1n) is 11.1. The van der Waals surface area contributed by atoms with E-state index < -0.39 is 5.82 Å². The summed E-state index contributed by atoms with van der Waals surface area (Å²) < 4.78 is 14.3. The molecule has 33 heavy (non-hydrogen) atoms. The summed E-state index contributed by atoms with van der Waals surface area (Å²) in [6.45, 7) is 2.63. The molecule has 1 fully saturated rings. The van der Waals surface area contributed by atoms with E-state index in [1.165, 1.54) is 11.0 Å². The minimum absolute atomic E-state index is 0.0891. The van der Waals surface area contributed by atoms with Crippen LogP contribution in [0.15, 0.2) is 90.6 Å². The summed E-state index contributed by atoms with van der Waals surface area (Å²) in [5.74, 6) is -1.17. The monoisotopic (exact) mass is 441 g/mol. The van der Waals surface area contributed by atoms with Crippen LogP contribution in [0.3, 0.4) is 0 Å². The van der Waals surface area contributed by atoms with E-state index in [1.54, 1.807) is 18.2 Å². The Kier molecular flexibility index (Phi) is 5.65. The molecular formula is C27H24FN3O2. The number of nitrogens with zero attached hydrogens (tertiary/aromatic N) is 3. The summed E-state index contributed by atoms with van der Waals surface area (Å²) in [5, 5.41) is 0. The molecule has 3 aromatic carbocycles. The average Bonchev–Trinajstić information content (AvgIpc) is 3.11. The summed E-state index contributed by atoms with van der Waals surface area (Å²) in [7, 11) is 0. The van der Waals surface area contributed by atoms with Gasteiger partial charge in [0.25, 0.3) is 11.8 Å². The maximum absolute atomic E-state index is 14.3. The third kappa shape index (κ3) is 4.00. The van der Waals surface area contributed by atoms with E-state index in [-0.39, 0.29) is 18.4 Å². The fourth-order valence-corrected chi connectivity index (χ4v) is 4.49. The highest BCUT2D eigenvalue weighted by atomic mass is 19.1. The first-order valence-corrected chi connectivity index (χ1v) is 11.1. The van der Waals surface area contributed by atoms with Gasteiger partial charge in [0.05, 0.1) is 12.1 Å². The second kappa shape index (κ2) is 8.90. The quantitative estimate of drug-likeness (QED) is 0.563. The number of anilines is 1. The van der Waals surface area contributed by atoms with Crippen LogP contribution in [0.4, 0.5) is 10.1 Å². The van der Waals surface area contributed by atoms with Gasteiger partial charge in [0, 0.05) is 37.4 Å². The molecule has 6 heteroatoms. The van der Waals surface area contributed by atoms with Crippen molar-refractivity contribution in [2.45, 2.75) is 6.54 Å². The predicted molar refractivity (Wildman–Crippen MR) is 126 cm³/mol. The van der Waals surface area contributed by atoms with Crippen LogP contribution >= 0.6 is 0 Å². The molecule has 5 rings (SSSR count). The molecule has 2 aliphatic rings. The van der Waals surface area contributed by atoms with Crippen molar-refractivity contribution in [3.8, 4) is 0 Å². The van der Waals surface area contributed by atoms with Gasteiger partial charge in [-0.3, -0.25) is 14.5 Å². The molecule has 166 valence electrons. The van der Waals surface area contributed by atoms with Crippen molar-refractivity contribution in [2.24, 2.45) is 0 Å². The molecule has 5 nitrogen and oxygen atoms in total. The Bertz CT molecular complexity index is 1200. The van der Waals surface area contributed by atoms with Gasteiger partial charge in [0.1, 0.15) is 11.5 Å². The van der Waals surface area contributed by atoms with Gasteiger partial charge in [0.15, 0.2) is 0 Å². The van der Waals surface area contributed by atoms with Crippen LogP contribution in [0.1, 0.15) is 11.1 Å². The van der Waals surface area contributed by atoms with Crippen molar-refractivity contribution < 1.29 is 14.0 Å². The fraction of sp³-hybridized carbons (Fsp3) is 0.185. The average molecular weight is 442 g/mol. The standard InChI is InChI=1S/C27H24FN3O2/c28-23-14-8-7-11-21(23)19-31-26(32)24(20-9-3-1-4-10-20)25(27(31)33)30-17-15-29(16-18-30)22-12-5-2-6-13-22/h1-14H,15-19H2. The van der Waals surface area contributed by atoms with Gasteiger partial charge in [-0.15, -0.1) is 0 Å². The normalized spacial score (nSPS) is 16.7. The zero-order chi connectivity index (χ0) is 22.8. The molecule has 0 aliphatic carbocycles. The van der Waals surface area contributed by atoms with Crippen molar-refractivity contribution in [2.75, 3.05) is 31.1 Å². The van der Waals surface area contributed by atoms with Gasteiger partial charge in [0.2, 0.25) is 0 Å². The van der Waals surface area contributed by atoms with E-state index in [0.29, 0.717) is 35.5 Å². The van der Waals surface area contributed by atoms with E-state index in [9.17, 15) is 14.0 Å². The molecule has 1 saturated heterocycles. The second-order valence-corrected chi connectivity index (χ2v) is 8.19.